The quantitative estimate of drug-likeness (QED) is 0.181. The largest absolute Gasteiger partial charge is 0.462 e. The maximum atomic E-state index is 12.6. The average Bonchev–Trinajstić information content (AvgIpc) is 3.11. The summed E-state index contributed by atoms with van der Waals surface area (Å²) >= 11 is 0. The lowest BCUT2D eigenvalue weighted by Gasteiger charge is -2.58. The molecule has 0 heterocycles. The van der Waals surface area contributed by atoms with Crippen LogP contribution in [0.5, 0.6) is 0 Å². The third-order valence-electron chi connectivity index (χ3n) is 10.8. The van der Waals surface area contributed by atoms with Gasteiger partial charge >= 0.3 is 12.1 Å². The number of esters is 1. The molecule has 200 valence electrons. The van der Waals surface area contributed by atoms with Gasteiger partial charge in [0.05, 0.1) is 0 Å². The molecule has 3 fully saturated rings. The van der Waals surface area contributed by atoms with E-state index in [0.717, 1.165) is 30.6 Å². The molecule has 0 amide bonds. The third-order valence-corrected chi connectivity index (χ3v) is 10.8. The smallest absolute Gasteiger partial charge is 0.399 e. The molecule has 3 saturated carbocycles. The van der Waals surface area contributed by atoms with Gasteiger partial charge in [-0.3, -0.25) is 4.79 Å². The Labute approximate surface area is 210 Å². The zero-order valence-corrected chi connectivity index (χ0v) is 22.2. The van der Waals surface area contributed by atoms with Crippen LogP contribution in [0.1, 0.15) is 124 Å². The number of halogens is 3. The van der Waals surface area contributed by atoms with Gasteiger partial charge in [0.15, 0.2) is 0 Å². The summed E-state index contributed by atoms with van der Waals surface area (Å²) in [6, 6.07) is 0. The summed E-state index contributed by atoms with van der Waals surface area (Å²) in [6.07, 6.45) is 14.4. The fourth-order valence-electron chi connectivity index (χ4n) is 8.87. The first-order valence-corrected chi connectivity index (χ1v) is 14.5. The molecular formula is C30H47F3O2. The molecule has 5 heteroatoms. The van der Waals surface area contributed by atoms with E-state index in [2.05, 4.69) is 26.8 Å². The van der Waals surface area contributed by atoms with Crippen LogP contribution in [0, 0.1) is 34.5 Å². The van der Waals surface area contributed by atoms with Crippen LogP contribution in [0.3, 0.4) is 0 Å². The van der Waals surface area contributed by atoms with E-state index in [4.69, 9.17) is 4.74 Å². The predicted octanol–water partition coefficient (Wildman–Crippen LogP) is 9.18. The van der Waals surface area contributed by atoms with Crippen molar-refractivity contribution in [2.24, 2.45) is 34.5 Å². The minimum absolute atomic E-state index is 0.120. The van der Waals surface area contributed by atoms with Crippen molar-refractivity contribution < 1.29 is 22.7 Å². The van der Waals surface area contributed by atoms with E-state index >= 15 is 0 Å². The topological polar surface area (TPSA) is 26.3 Å². The van der Waals surface area contributed by atoms with E-state index in [1.165, 1.54) is 76.2 Å². The third kappa shape index (κ3) is 5.79. The molecule has 4 rings (SSSR count). The van der Waals surface area contributed by atoms with E-state index in [9.17, 15) is 18.0 Å². The number of hydrogen-bond donors (Lipinski definition) is 0. The molecule has 0 spiro atoms. The standard InChI is InChI=1S/C30H47F3O2/c1-4-5-6-7-8-9-10-21-12-14-25-24-13-11-22-19-23(35-27(34)20-30(31,32)33)15-17-29(22,3)26(24)16-18-28(21,25)2/h11,21,23-26H,4-10,12-20H2,1-3H3/t21-,23+,24-,25-,26+,28-,29+/m1/s1. The normalized spacial score (nSPS) is 38.8. The minimum Gasteiger partial charge on any atom is -0.462 e. The molecule has 0 N–H and O–H groups in total. The fraction of sp³-hybridized carbons (Fsp3) is 0.900. The van der Waals surface area contributed by atoms with Crippen molar-refractivity contribution in [1.29, 1.82) is 0 Å². The second-order valence-corrected chi connectivity index (χ2v) is 12.8. The zero-order chi connectivity index (χ0) is 25.3. The first-order chi connectivity index (χ1) is 16.6. The second-order valence-electron chi connectivity index (χ2n) is 12.8. The van der Waals surface area contributed by atoms with Crippen molar-refractivity contribution >= 4 is 5.97 Å². The molecule has 0 radical (unpaired) electrons. The number of alkyl halides is 3. The Morgan fingerprint density at radius 2 is 1.74 bits per heavy atom. The Balaban J connectivity index is 1.36. The van der Waals surface area contributed by atoms with Gasteiger partial charge in [-0.05, 0) is 85.9 Å². The number of rotatable bonds is 9. The molecule has 0 bridgehead atoms. The number of ether oxygens (including phenoxy) is 1. The predicted molar refractivity (Wildman–Crippen MR) is 134 cm³/mol. The molecule has 4 aliphatic rings. The van der Waals surface area contributed by atoms with Gasteiger partial charge in [0.1, 0.15) is 12.5 Å². The number of hydrogen-bond acceptors (Lipinski definition) is 2. The van der Waals surface area contributed by atoms with Crippen LogP contribution >= 0.6 is 0 Å². The zero-order valence-electron chi connectivity index (χ0n) is 22.2. The number of carbonyl (C=O) groups excluding carboxylic acids is 1. The van der Waals surface area contributed by atoms with Crippen LogP contribution in [0.25, 0.3) is 0 Å². The van der Waals surface area contributed by atoms with E-state index < -0.39 is 24.7 Å². The maximum absolute atomic E-state index is 12.6. The molecule has 0 aromatic carbocycles. The van der Waals surface area contributed by atoms with E-state index in [0.29, 0.717) is 24.2 Å². The van der Waals surface area contributed by atoms with Gasteiger partial charge in [-0.1, -0.05) is 70.9 Å². The molecule has 4 aliphatic carbocycles. The summed E-state index contributed by atoms with van der Waals surface area (Å²) in [4.78, 5) is 11.8. The number of carbonyl (C=O) groups is 1. The molecule has 0 saturated heterocycles. The van der Waals surface area contributed by atoms with Gasteiger partial charge in [0, 0.05) is 6.42 Å². The van der Waals surface area contributed by atoms with Crippen molar-refractivity contribution in [3.8, 4) is 0 Å². The first kappa shape index (κ1) is 27.0. The highest BCUT2D eigenvalue weighted by Gasteiger charge is 2.58. The Bertz CT molecular complexity index is 774. The van der Waals surface area contributed by atoms with Crippen molar-refractivity contribution in [3.05, 3.63) is 11.6 Å². The molecule has 0 unspecified atom stereocenters. The molecule has 0 aromatic heterocycles. The van der Waals surface area contributed by atoms with Crippen LogP contribution in [0.4, 0.5) is 13.2 Å². The minimum atomic E-state index is -4.50. The van der Waals surface area contributed by atoms with Crippen LogP contribution in [-0.4, -0.2) is 18.2 Å². The number of allylic oxidation sites excluding steroid dienone is 1. The van der Waals surface area contributed by atoms with Gasteiger partial charge in [-0.25, -0.2) is 0 Å². The molecule has 7 atom stereocenters. The Hall–Kier alpha value is -1.00. The highest BCUT2D eigenvalue weighted by atomic mass is 19.4. The summed E-state index contributed by atoms with van der Waals surface area (Å²) < 4.78 is 42.9. The van der Waals surface area contributed by atoms with Crippen LogP contribution in [-0.2, 0) is 9.53 Å². The second kappa shape index (κ2) is 10.8. The number of unbranched alkanes of at least 4 members (excludes halogenated alkanes) is 5. The summed E-state index contributed by atoms with van der Waals surface area (Å²) in [5, 5.41) is 0. The summed E-state index contributed by atoms with van der Waals surface area (Å²) in [5.41, 5.74) is 1.95. The van der Waals surface area contributed by atoms with Crippen molar-refractivity contribution in [2.75, 3.05) is 0 Å². The van der Waals surface area contributed by atoms with Crippen LogP contribution in [0.15, 0.2) is 11.6 Å². The molecular weight excluding hydrogens is 449 g/mol. The van der Waals surface area contributed by atoms with Gasteiger partial charge in [0.25, 0.3) is 0 Å². The average molecular weight is 497 g/mol. The lowest BCUT2D eigenvalue weighted by Crippen LogP contribution is -2.50. The fourth-order valence-corrected chi connectivity index (χ4v) is 8.87. The lowest BCUT2D eigenvalue weighted by atomic mass is 9.47. The maximum Gasteiger partial charge on any atom is 0.399 e. The van der Waals surface area contributed by atoms with E-state index in [1.54, 1.807) is 0 Å². The van der Waals surface area contributed by atoms with E-state index in [1.807, 2.05) is 0 Å². The monoisotopic (exact) mass is 496 g/mol. The molecule has 35 heavy (non-hydrogen) atoms. The van der Waals surface area contributed by atoms with Crippen molar-refractivity contribution in [3.63, 3.8) is 0 Å². The van der Waals surface area contributed by atoms with E-state index in [-0.39, 0.29) is 5.41 Å². The van der Waals surface area contributed by atoms with Gasteiger partial charge in [0.2, 0.25) is 0 Å². The highest BCUT2D eigenvalue weighted by Crippen LogP contribution is 2.66. The van der Waals surface area contributed by atoms with Crippen LogP contribution < -0.4 is 0 Å². The lowest BCUT2D eigenvalue weighted by molar-refractivity contribution is -0.176. The van der Waals surface area contributed by atoms with Crippen LogP contribution in [0.2, 0.25) is 0 Å². The summed E-state index contributed by atoms with van der Waals surface area (Å²) in [6.45, 7) is 7.27. The first-order valence-electron chi connectivity index (χ1n) is 14.5. The molecule has 0 aromatic rings. The van der Waals surface area contributed by atoms with Gasteiger partial charge < -0.3 is 4.74 Å². The Kier molecular flexibility index (Phi) is 8.33. The Morgan fingerprint density at radius 1 is 1.00 bits per heavy atom. The Morgan fingerprint density at radius 3 is 2.49 bits per heavy atom. The molecule has 0 aliphatic heterocycles. The van der Waals surface area contributed by atoms with Gasteiger partial charge in [-0.15, -0.1) is 0 Å². The summed E-state index contributed by atoms with van der Waals surface area (Å²) in [5.74, 6) is 1.96. The molecule has 2 nitrogen and oxygen atoms in total. The summed E-state index contributed by atoms with van der Waals surface area (Å²) in [7, 11) is 0. The van der Waals surface area contributed by atoms with Gasteiger partial charge in [-0.2, -0.15) is 13.2 Å². The number of fused-ring (bicyclic) bond motifs is 5. The van der Waals surface area contributed by atoms with Crippen molar-refractivity contribution in [2.45, 2.75) is 136 Å². The highest BCUT2D eigenvalue weighted by molar-refractivity contribution is 5.70. The SMILES string of the molecule is CCCCCCCC[C@@H]1CC[C@@H]2[C@H]3CC=C4C[C@@H](OC(=O)CC(F)(F)F)CC[C@]4(C)[C@H]3CC[C@]12C. The van der Waals surface area contributed by atoms with Crippen molar-refractivity contribution in [1.82, 2.24) is 0 Å².